The number of nitrogens with zero attached hydrogens (tertiary/aromatic N) is 1. The summed E-state index contributed by atoms with van der Waals surface area (Å²) in [5, 5.41) is 12.4. The second-order valence-corrected chi connectivity index (χ2v) is 6.29. The molecule has 1 unspecified atom stereocenters. The standard InChI is InChI=1S/C12H21NO/c1-11(2)6-10(13-14)7-12(3,8-11)9-4-5-9/h9,14H,4-8H2,1-3H3/b13-10-. The fraction of sp³-hybridized carbons (Fsp3) is 0.917. The average molecular weight is 195 g/mol. The van der Waals surface area contributed by atoms with Gasteiger partial charge in [0.15, 0.2) is 0 Å². The van der Waals surface area contributed by atoms with Crippen molar-refractivity contribution in [3.8, 4) is 0 Å². The molecule has 1 atom stereocenters. The van der Waals surface area contributed by atoms with Crippen LogP contribution in [0.3, 0.4) is 0 Å². The van der Waals surface area contributed by atoms with E-state index in [0.29, 0.717) is 10.8 Å². The summed E-state index contributed by atoms with van der Waals surface area (Å²) < 4.78 is 0. The molecule has 0 saturated heterocycles. The Kier molecular flexibility index (Phi) is 2.13. The van der Waals surface area contributed by atoms with Gasteiger partial charge in [-0.15, -0.1) is 0 Å². The van der Waals surface area contributed by atoms with Gasteiger partial charge in [-0.1, -0.05) is 25.9 Å². The normalized spacial score (nSPS) is 40.1. The molecule has 0 aromatic rings. The van der Waals surface area contributed by atoms with Crippen LogP contribution < -0.4 is 0 Å². The number of hydrogen-bond acceptors (Lipinski definition) is 2. The lowest BCUT2D eigenvalue weighted by molar-refractivity contribution is 0.134. The highest BCUT2D eigenvalue weighted by Gasteiger charge is 2.48. The summed E-state index contributed by atoms with van der Waals surface area (Å²) in [5.41, 5.74) is 1.73. The van der Waals surface area contributed by atoms with Crippen LogP contribution in [0.25, 0.3) is 0 Å². The topological polar surface area (TPSA) is 32.6 Å². The molecule has 2 heteroatoms. The zero-order valence-electron chi connectivity index (χ0n) is 9.51. The molecule has 0 spiro atoms. The van der Waals surface area contributed by atoms with E-state index in [2.05, 4.69) is 25.9 Å². The Morgan fingerprint density at radius 2 is 1.86 bits per heavy atom. The highest BCUT2D eigenvalue weighted by Crippen LogP contribution is 2.56. The Morgan fingerprint density at radius 3 is 2.36 bits per heavy atom. The van der Waals surface area contributed by atoms with E-state index in [1.54, 1.807) is 0 Å². The number of hydrogen-bond donors (Lipinski definition) is 1. The molecule has 2 fully saturated rings. The van der Waals surface area contributed by atoms with Gasteiger partial charge < -0.3 is 5.21 Å². The third kappa shape index (κ3) is 1.79. The Bertz CT molecular complexity index is 265. The van der Waals surface area contributed by atoms with Crippen molar-refractivity contribution in [2.75, 3.05) is 0 Å². The van der Waals surface area contributed by atoms with Crippen LogP contribution in [0.5, 0.6) is 0 Å². The smallest absolute Gasteiger partial charge is 0.0581 e. The molecule has 0 aromatic carbocycles. The first kappa shape index (κ1) is 10.0. The lowest BCUT2D eigenvalue weighted by Crippen LogP contribution is -2.37. The number of oxime groups is 1. The van der Waals surface area contributed by atoms with Crippen molar-refractivity contribution in [2.24, 2.45) is 21.9 Å². The van der Waals surface area contributed by atoms with Gasteiger partial charge in [0, 0.05) is 0 Å². The quantitative estimate of drug-likeness (QED) is 0.504. The lowest BCUT2D eigenvalue weighted by Gasteiger charge is -2.43. The Labute approximate surface area is 86.4 Å². The van der Waals surface area contributed by atoms with Crippen LogP contribution in [0.1, 0.15) is 52.9 Å². The van der Waals surface area contributed by atoms with Crippen molar-refractivity contribution < 1.29 is 5.21 Å². The first-order valence-corrected chi connectivity index (χ1v) is 5.65. The van der Waals surface area contributed by atoms with Crippen molar-refractivity contribution >= 4 is 5.71 Å². The van der Waals surface area contributed by atoms with Gasteiger partial charge in [-0.05, 0) is 48.9 Å². The van der Waals surface area contributed by atoms with Gasteiger partial charge in [-0.3, -0.25) is 0 Å². The molecule has 0 aromatic heterocycles. The van der Waals surface area contributed by atoms with E-state index in [0.717, 1.165) is 24.5 Å². The van der Waals surface area contributed by atoms with Gasteiger partial charge in [0.1, 0.15) is 0 Å². The van der Waals surface area contributed by atoms with Gasteiger partial charge in [0.05, 0.1) is 5.71 Å². The summed E-state index contributed by atoms with van der Waals surface area (Å²) >= 11 is 0. The molecule has 2 aliphatic carbocycles. The van der Waals surface area contributed by atoms with E-state index in [4.69, 9.17) is 5.21 Å². The zero-order chi connectivity index (χ0) is 10.4. The lowest BCUT2D eigenvalue weighted by atomic mass is 9.61. The predicted octanol–water partition coefficient (Wildman–Crippen LogP) is 3.44. The molecule has 0 amide bonds. The molecule has 2 rings (SSSR count). The van der Waals surface area contributed by atoms with Crippen LogP contribution in [0.4, 0.5) is 0 Å². The zero-order valence-corrected chi connectivity index (χ0v) is 9.51. The molecule has 0 heterocycles. The fourth-order valence-electron chi connectivity index (χ4n) is 3.44. The highest BCUT2D eigenvalue weighted by molar-refractivity contribution is 5.86. The van der Waals surface area contributed by atoms with E-state index in [1.165, 1.54) is 19.3 Å². The minimum atomic E-state index is 0.317. The second-order valence-electron chi connectivity index (χ2n) is 6.29. The maximum Gasteiger partial charge on any atom is 0.0581 e. The van der Waals surface area contributed by atoms with E-state index < -0.39 is 0 Å². The third-order valence-corrected chi connectivity index (χ3v) is 3.88. The average Bonchev–Trinajstić information content (AvgIpc) is 2.82. The summed E-state index contributed by atoms with van der Waals surface area (Å²) in [6.07, 6.45) is 6.02. The second kappa shape index (κ2) is 2.98. The fourth-order valence-corrected chi connectivity index (χ4v) is 3.44. The molecule has 2 saturated carbocycles. The first-order chi connectivity index (χ1) is 6.45. The van der Waals surface area contributed by atoms with Crippen LogP contribution in [-0.4, -0.2) is 10.9 Å². The van der Waals surface area contributed by atoms with Crippen molar-refractivity contribution in [3.63, 3.8) is 0 Å². The van der Waals surface area contributed by atoms with Crippen molar-refractivity contribution in [1.29, 1.82) is 0 Å². The molecular formula is C12H21NO. The number of rotatable bonds is 1. The van der Waals surface area contributed by atoms with E-state index >= 15 is 0 Å². The Balaban J connectivity index is 2.19. The van der Waals surface area contributed by atoms with E-state index in [-0.39, 0.29) is 0 Å². The monoisotopic (exact) mass is 195 g/mol. The molecule has 0 bridgehead atoms. The molecule has 2 nitrogen and oxygen atoms in total. The molecule has 2 aliphatic rings. The Hall–Kier alpha value is -0.530. The minimum Gasteiger partial charge on any atom is -0.411 e. The van der Waals surface area contributed by atoms with Gasteiger partial charge in [-0.2, -0.15) is 0 Å². The van der Waals surface area contributed by atoms with Gasteiger partial charge in [-0.25, -0.2) is 0 Å². The van der Waals surface area contributed by atoms with Crippen LogP contribution in [-0.2, 0) is 0 Å². The van der Waals surface area contributed by atoms with Gasteiger partial charge >= 0.3 is 0 Å². The third-order valence-electron chi connectivity index (χ3n) is 3.88. The van der Waals surface area contributed by atoms with Crippen LogP contribution in [0, 0.1) is 16.7 Å². The van der Waals surface area contributed by atoms with Crippen molar-refractivity contribution in [2.45, 2.75) is 52.9 Å². The Morgan fingerprint density at radius 1 is 1.21 bits per heavy atom. The first-order valence-electron chi connectivity index (χ1n) is 5.65. The molecular weight excluding hydrogens is 174 g/mol. The van der Waals surface area contributed by atoms with E-state index in [9.17, 15) is 0 Å². The SMILES string of the molecule is CC1(C)C/C(=N/O)CC(C)(C2CC2)C1. The summed E-state index contributed by atoms with van der Waals surface area (Å²) in [6.45, 7) is 6.95. The van der Waals surface area contributed by atoms with E-state index in [1.807, 2.05) is 0 Å². The molecule has 80 valence electrons. The summed E-state index contributed by atoms with van der Waals surface area (Å²) in [6, 6.07) is 0. The van der Waals surface area contributed by atoms with Gasteiger partial charge in [0.25, 0.3) is 0 Å². The molecule has 0 radical (unpaired) electrons. The molecule has 1 N–H and O–H groups in total. The van der Waals surface area contributed by atoms with Crippen molar-refractivity contribution in [1.82, 2.24) is 0 Å². The van der Waals surface area contributed by atoms with Crippen molar-refractivity contribution in [3.05, 3.63) is 0 Å². The highest BCUT2D eigenvalue weighted by atomic mass is 16.4. The maximum atomic E-state index is 8.95. The molecule has 0 aliphatic heterocycles. The van der Waals surface area contributed by atoms with Crippen LogP contribution in [0.2, 0.25) is 0 Å². The molecule has 14 heavy (non-hydrogen) atoms. The predicted molar refractivity (Wildman–Crippen MR) is 57.7 cm³/mol. The summed E-state index contributed by atoms with van der Waals surface area (Å²) in [4.78, 5) is 0. The van der Waals surface area contributed by atoms with Crippen LogP contribution >= 0.6 is 0 Å². The minimum absolute atomic E-state index is 0.317. The maximum absolute atomic E-state index is 8.95. The summed E-state index contributed by atoms with van der Waals surface area (Å²) in [7, 11) is 0. The summed E-state index contributed by atoms with van der Waals surface area (Å²) in [5.74, 6) is 0.888. The van der Waals surface area contributed by atoms with Gasteiger partial charge in [0.2, 0.25) is 0 Å². The largest absolute Gasteiger partial charge is 0.411 e. The van der Waals surface area contributed by atoms with Crippen LogP contribution in [0.15, 0.2) is 5.16 Å².